The maximum Gasteiger partial charge on any atom is 0.354 e. The van der Waals surface area contributed by atoms with Crippen molar-refractivity contribution < 1.29 is 14.6 Å². The molecule has 1 aliphatic rings. The van der Waals surface area contributed by atoms with Crippen LogP contribution in [0.5, 0.6) is 0 Å². The van der Waals surface area contributed by atoms with E-state index in [-0.39, 0.29) is 0 Å². The lowest BCUT2D eigenvalue weighted by molar-refractivity contribution is -0.143. The summed E-state index contributed by atoms with van der Waals surface area (Å²) in [5.41, 5.74) is 5.75. The normalized spacial score (nSPS) is 28.2. The number of benzene rings is 1. The third-order valence-electron chi connectivity index (χ3n) is 2.88. The first-order chi connectivity index (χ1) is 7.63. The van der Waals surface area contributed by atoms with Gasteiger partial charge in [-0.25, -0.2) is 4.79 Å². The molecular formula is C11H10N2O3. The van der Waals surface area contributed by atoms with Crippen LogP contribution in [0.4, 0.5) is 0 Å². The molecule has 2 atom stereocenters. The summed E-state index contributed by atoms with van der Waals surface area (Å²) < 4.78 is 5.08. The third kappa shape index (κ3) is 1.09. The molecule has 1 aliphatic heterocycles. The molecule has 2 unspecified atom stereocenters. The topological polar surface area (TPSA) is 91.6 Å². The minimum absolute atomic E-state index is 0.568. The molecule has 2 heterocycles. The molecule has 0 radical (unpaired) electrons. The van der Waals surface area contributed by atoms with Crippen molar-refractivity contribution in [1.82, 2.24) is 4.98 Å². The molecule has 1 saturated heterocycles. The number of nitrogens with two attached hydrogens (primary N) is 1. The van der Waals surface area contributed by atoms with E-state index in [1.54, 1.807) is 6.20 Å². The van der Waals surface area contributed by atoms with Crippen molar-refractivity contribution in [2.24, 2.45) is 5.73 Å². The second-order valence-electron chi connectivity index (χ2n) is 3.89. The highest BCUT2D eigenvalue weighted by molar-refractivity contribution is 5.87. The number of para-hydroxylation sites is 1. The Labute approximate surface area is 90.8 Å². The number of fused-ring (bicyclic) bond motifs is 1. The number of hydrogen-bond acceptors (Lipinski definition) is 3. The summed E-state index contributed by atoms with van der Waals surface area (Å²) in [6.45, 7) is 0. The zero-order valence-corrected chi connectivity index (χ0v) is 8.31. The van der Waals surface area contributed by atoms with Crippen LogP contribution in [0, 0.1) is 0 Å². The fourth-order valence-electron chi connectivity index (χ4n) is 1.93. The van der Waals surface area contributed by atoms with Gasteiger partial charge < -0.3 is 14.8 Å². The number of carbonyl (C=O) groups is 1. The molecule has 0 spiro atoms. The zero-order chi connectivity index (χ0) is 11.3. The van der Waals surface area contributed by atoms with Crippen LogP contribution in [0.3, 0.4) is 0 Å². The minimum atomic E-state index is -1.56. The first kappa shape index (κ1) is 9.38. The predicted octanol–water partition coefficient (Wildman–Crippen LogP) is 0.979. The smallest absolute Gasteiger partial charge is 0.354 e. The standard InChI is InChI=1S/C11H10N2O3/c12-11(10(14)15)9(16-11)7-5-13-8-4-2-1-3-6(7)8/h1-5,9,13H,12H2,(H,14,15). The minimum Gasteiger partial charge on any atom is -0.478 e. The Hall–Kier alpha value is -1.85. The first-order valence-electron chi connectivity index (χ1n) is 4.89. The summed E-state index contributed by atoms with van der Waals surface area (Å²) >= 11 is 0. The van der Waals surface area contributed by atoms with Gasteiger partial charge >= 0.3 is 5.97 Å². The molecule has 0 amide bonds. The van der Waals surface area contributed by atoms with E-state index in [0.29, 0.717) is 0 Å². The van der Waals surface area contributed by atoms with Gasteiger partial charge in [0.25, 0.3) is 0 Å². The van der Waals surface area contributed by atoms with Crippen LogP contribution in [0.2, 0.25) is 0 Å². The highest BCUT2D eigenvalue weighted by Gasteiger charge is 2.61. The summed E-state index contributed by atoms with van der Waals surface area (Å²) in [5.74, 6) is -1.14. The fraction of sp³-hybridized carbons (Fsp3) is 0.182. The number of aromatic nitrogens is 1. The maximum atomic E-state index is 10.9. The van der Waals surface area contributed by atoms with E-state index in [1.807, 2.05) is 24.3 Å². The number of aromatic amines is 1. The molecular weight excluding hydrogens is 208 g/mol. The van der Waals surface area contributed by atoms with E-state index >= 15 is 0 Å². The summed E-state index contributed by atoms with van der Waals surface area (Å²) in [5, 5.41) is 9.84. The number of carboxylic acid groups (broad SMARTS) is 1. The molecule has 0 saturated carbocycles. The lowest BCUT2D eigenvalue weighted by atomic mass is 10.1. The summed E-state index contributed by atoms with van der Waals surface area (Å²) in [4.78, 5) is 13.9. The van der Waals surface area contributed by atoms with Gasteiger partial charge in [-0.05, 0) is 6.07 Å². The highest BCUT2D eigenvalue weighted by atomic mass is 16.6. The highest BCUT2D eigenvalue weighted by Crippen LogP contribution is 2.47. The van der Waals surface area contributed by atoms with Gasteiger partial charge in [-0.2, -0.15) is 0 Å². The largest absolute Gasteiger partial charge is 0.478 e. The van der Waals surface area contributed by atoms with Gasteiger partial charge in [0.2, 0.25) is 5.72 Å². The molecule has 82 valence electrons. The Morgan fingerprint density at radius 2 is 2.25 bits per heavy atom. The lowest BCUT2D eigenvalue weighted by Gasteiger charge is -1.97. The van der Waals surface area contributed by atoms with Gasteiger partial charge in [0, 0.05) is 22.7 Å². The molecule has 0 bridgehead atoms. The second kappa shape index (κ2) is 2.84. The Morgan fingerprint density at radius 1 is 1.50 bits per heavy atom. The Kier molecular flexibility index (Phi) is 1.66. The summed E-state index contributed by atoms with van der Waals surface area (Å²) in [6.07, 6.45) is 1.17. The van der Waals surface area contributed by atoms with Crippen molar-refractivity contribution in [3.8, 4) is 0 Å². The molecule has 1 aromatic heterocycles. The quantitative estimate of drug-likeness (QED) is 0.655. The average Bonchev–Trinajstić information content (AvgIpc) is 2.80. The summed E-state index contributed by atoms with van der Waals surface area (Å²) in [6, 6.07) is 7.62. The van der Waals surface area contributed by atoms with Gasteiger partial charge in [-0.1, -0.05) is 18.2 Å². The molecule has 16 heavy (non-hydrogen) atoms. The van der Waals surface area contributed by atoms with Crippen molar-refractivity contribution >= 4 is 16.9 Å². The van der Waals surface area contributed by atoms with Crippen molar-refractivity contribution in [3.63, 3.8) is 0 Å². The van der Waals surface area contributed by atoms with Crippen molar-refractivity contribution in [3.05, 3.63) is 36.0 Å². The number of nitrogens with one attached hydrogen (secondary N) is 1. The zero-order valence-electron chi connectivity index (χ0n) is 8.31. The SMILES string of the molecule is NC1(C(=O)O)OC1c1c[nH]c2ccccc12. The number of ether oxygens (including phenoxy) is 1. The van der Waals surface area contributed by atoms with Crippen LogP contribution in [0.15, 0.2) is 30.5 Å². The van der Waals surface area contributed by atoms with Gasteiger partial charge in [0.15, 0.2) is 0 Å². The predicted molar refractivity (Wildman–Crippen MR) is 56.7 cm³/mol. The average molecular weight is 218 g/mol. The van der Waals surface area contributed by atoms with Crippen LogP contribution >= 0.6 is 0 Å². The Morgan fingerprint density at radius 3 is 2.94 bits per heavy atom. The van der Waals surface area contributed by atoms with Crippen molar-refractivity contribution in [2.75, 3.05) is 0 Å². The number of aliphatic carboxylic acids is 1. The van der Waals surface area contributed by atoms with Crippen LogP contribution in [0.1, 0.15) is 11.7 Å². The molecule has 0 aliphatic carbocycles. The number of H-pyrrole nitrogens is 1. The van der Waals surface area contributed by atoms with E-state index in [1.165, 1.54) is 0 Å². The van der Waals surface area contributed by atoms with E-state index in [9.17, 15) is 4.79 Å². The third-order valence-corrected chi connectivity index (χ3v) is 2.88. The molecule has 5 heteroatoms. The monoisotopic (exact) mass is 218 g/mol. The van der Waals surface area contributed by atoms with Crippen LogP contribution in [-0.2, 0) is 9.53 Å². The molecule has 4 N–H and O–H groups in total. The van der Waals surface area contributed by atoms with Crippen molar-refractivity contribution in [1.29, 1.82) is 0 Å². The number of carboxylic acids is 1. The van der Waals surface area contributed by atoms with E-state index in [4.69, 9.17) is 15.6 Å². The maximum absolute atomic E-state index is 10.9. The van der Waals surface area contributed by atoms with Gasteiger partial charge in [0.05, 0.1) is 0 Å². The van der Waals surface area contributed by atoms with E-state index in [2.05, 4.69) is 4.98 Å². The molecule has 1 fully saturated rings. The van der Waals surface area contributed by atoms with Crippen LogP contribution in [0.25, 0.3) is 10.9 Å². The van der Waals surface area contributed by atoms with Crippen LogP contribution in [-0.4, -0.2) is 21.8 Å². The second-order valence-corrected chi connectivity index (χ2v) is 3.89. The van der Waals surface area contributed by atoms with Gasteiger partial charge in [-0.15, -0.1) is 0 Å². The molecule has 1 aromatic carbocycles. The molecule has 5 nitrogen and oxygen atoms in total. The number of epoxide rings is 1. The van der Waals surface area contributed by atoms with E-state index in [0.717, 1.165) is 16.5 Å². The summed E-state index contributed by atoms with van der Waals surface area (Å²) in [7, 11) is 0. The fourth-order valence-corrected chi connectivity index (χ4v) is 1.93. The first-order valence-corrected chi connectivity index (χ1v) is 4.89. The Bertz CT molecular complexity index is 577. The number of hydrogen-bond donors (Lipinski definition) is 3. The van der Waals surface area contributed by atoms with E-state index < -0.39 is 17.8 Å². The van der Waals surface area contributed by atoms with Gasteiger partial charge in [0.1, 0.15) is 6.10 Å². The Balaban J connectivity index is 2.06. The lowest BCUT2D eigenvalue weighted by Crippen LogP contribution is -2.35. The van der Waals surface area contributed by atoms with Crippen LogP contribution < -0.4 is 5.73 Å². The number of rotatable bonds is 2. The molecule has 2 aromatic rings. The van der Waals surface area contributed by atoms with Gasteiger partial charge in [-0.3, -0.25) is 5.73 Å². The molecule has 3 rings (SSSR count). The van der Waals surface area contributed by atoms with Crippen molar-refractivity contribution in [2.45, 2.75) is 11.8 Å².